The summed E-state index contributed by atoms with van der Waals surface area (Å²) in [5, 5.41) is 1.79. The fourth-order valence-electron chi connectivity index (χ4n) is 2.72. The summed E-state index contributed by atoms with van der Waals surface area (Å²) in [4.78, 5) is 6.44. The molecule has 1 atom stereocenters. The van der Waals surface area contributed by atoms with Gasteiger partial charge in [0.05, 0.1) is 5.52 Å². The van der Waals surface area contributed by atoms with Crippen LogP contribution in [-0.4, -0.2) is 10.1 Å². The second kappa shape index (κ2) is 5.36. The van der Waals surface area contributed by atoms with E-state index in [2.05, 4.69) is 51.1 Å². The molecule has 4 rings (SSSR count). The first-order valence-electron chi connectivity index (χ1n) is 7.07. The number of pyridine rings is 1. The van der Waals surface area contributed by atoms with Crippen molar-refractivity contribution in [2.24, 2.45) is 0 Å². The highest BCUT2D eigenvalue weighted by Gasteiger charge is 2.30. The van der Waals surface area contributed by atoms with Crippen LogP contribution in [0.3, 0.4) is 0 Å². The molecule has 0 saturated carbocycles. The fraction of sp³-hybridized carbons (Fsp3) is 0.0588. The van der Waals surface area contributed by atoms with Crippen LogP contribution in [0.2, 0.25) is 0 Å². The number of nitrogens with one attached hydrogen (secondary N) is 2. The second-order valence-corrected chi connectivity index (χ2v) is 5.52. The Labute approximate surface area is 133 Å². The molecule has 0 aliphatic carbocycles. The number of anilines is 1. The van der Waals surface area contributed by atoms with Crippen LogP contribution in [0.1, 0.15) is 11.7 Å². The van der Waals surface area contributed by atoms with E-state index in [0.717, 1.165) is 22.2 Å². The van der Waals surface area contributed by atoms with Gasteiger partial charge in [-0.05, 0) is 48.1 Å². The summed E-state index contributed by atoms with van der Waals surface area (Å²) in [7, 11) is 0. The predicted molar refractivity (Wildman–Crippen MR) is 92.3 cm³/mol. The van der Waals surface area contributed by atoms with E-state index in [-0.39, 0.29) is 6.17 Å². The Morgan fingerprint density at radius 3 is 2.73 bits per heavy atom. The van der Waals surface area contributed by atoms with Crippen molar-refractivity contribution in [3.05, 3.63) is 72.4 Å². The molecule has 4 nitrogen and oxygen atoms in total. The summed E-state index contributed by atoms with van der Waals surface area (Å²) in [6, 6.07) is 20.4. The van der Waals surface area contributed by atoms with Crippen LogP contribution in [0.5, 0.6) is 0 Å². The summed E-state index contributed by atoms with van der Waals surface area (Å²) in [6.07, 6.45) is 1.77. The number of nitrogens with zero attached hydrogens (tertiary/aromatic N) is 2. The quantitative estimate of drug-likeness (QED) is 0.712. The van der Waals surface area contributed by atoms with E-state index in [4.69, 9.17) is 12.2 Å². The first-order valence-corrected chi connectivity index (χ1v) is 7.48. The monoisotopic (exact) mass is 306 g/mol. The lowest BCUT2D eigenvalue weighted by molar-refractivity contribution is 0.586. The standard InChI is InChI=1S/C17H14N4S/c22-17-20-19-16(21(17)14-6-2-1-3-7-14)13-8-9-15-12(11-13)5-4-10-18-15/h1-11,16,19H,(H,20,22). The lowest BCUT2D eigenvalue weighted by atomic mass is 10.1. The molecule has 1 aromatic heterocycles. The molecule has 2 heterocycles. The lowest BCUT2D eigenvalue weighted by Gasteiger charge is -2.24. The topological polar surface area (TPSA) is 40.2 Å². The average molecular weight is 306 g/mol. The van der Waals surface area contributed by atoms with Crippen LogP contribution in [0.4, 0.5) is 5.69 Å². The normalized spacial score (nSPS) is 17.7. The molecule has 22 heavy (non-hydrogen) atoms. The molecule has 0 amide bonds. The van der Waals surface area contributed by atoms with Crippen molar-refractivity contribution in [2.75, 3.05) is 4.90 Å². The Morgan fingerprint density at radius 1 is 1.00 bits per heavy atom. The molecule has 0 spiro atoms. The number of hydrogen-bond donors (Lipinski definition) is 2. The van der Waals surface area contributed by atoms with Gasteiger partial charge in [0.15, 0.2) is 5.11 Å². The Balaban J connectivity index is 1.77. The highest BCUT2D eigenvalue weighted by molar-refractivity contribution is 7.80. The molecular formula is C17H14N4S. The van der Waals surface area contributed by atoms with Crippen molar-refractivity contribution in [1.82, 2.24) is 15.8 Å². The smallest absolute Gasteiger partial charge is 0.189 e. The van der Waals surface area contributed by atoms with Crippen molar-refractivity contribution in [3.8, 4) is 0 Å². The highest BCUT2D eigenvalue weighted by atomic mass is 32.1. The minimum Gasteiger partial charge on any atom is -0.296 e. The van der Waals surface area contributed by atoms with Crippen molar-refractivity contribution in [2.45, 2.75) is 6.17 Å². The van der Waals surface area contributed by atoms with Gasteiger partial charge < -0.3 is 0 Å². The molecule has 5 heteroatoms. The zero-order valence-corrected chi connectivity index (χ0v) is 12.5. The summed E-state index contributed by atoms with van der Waals surface area (Å²) in [5.74, 6) is 0. The zero-order chi connectivity index (χ0) is 14.9. The van der Waals surface area contributed by atoms with E-state index in [0.29, 0.717) is 5.11 Å². The first-order chi connectivity index (χ1) is 10.8. The number of benzene rings is 2. The van der Waals surface area contributed by atoms with Crippen LogP contribution in [0.15, 0.2) is 66.9 Å². The second-order valence-electron chi connectivity index (χ2n) is 5.14. The molecule has 1 aliphatic rings. The molecular weight excluding hydrogens is 292 g/mol. The molecule has 108 valence electrons. The number of fused-ring (bicyclic) bond motifs is 1. The fourth-order valence-corrected chi connectivity index (χ4v) is 2.99. The van der Waals surface area contributed by atoms with Gasteiger partial charge in [-0.25, -0.2) is 5.43 Å². The van der Waals surface area contributed by atoms with Gasteiger partial charge in [-0.1, -0.05) is 30.3 Å². The molecule has 1 fully saturated rings. The molecule has 0 bridgehead atoms. The molecule has 1 aliphatic heterocycles. The third-order valence-corrected chi connectivity index (χ3v) is 4.07. The van der Waals surface area contributed by atoms with Crippen LogP contribution in [-0.2, 0) is 0 Å². The van der Waals surface area contributed by atoms with Crippen molar-refractivity contribution < 1.29 is 0 Å². The number of rotatable bonds is 2. The van der Waals surface area contributed by atoms with Gasteiger partial charge in [0.1, 0.15) is 6.17 Å². The number of thiocarbonyl (C=S) groups is 1. The number of para-hydroxylation sites is 1. The van der Waals surface area contributed by atoms with E-state index in [9.17, 15) is 0 Å². The minimum absolute atomic E-state index is 0.0421. The predicted octanol–water partition coefficient (Wildman–Crippen LogP) is 3.13. The maximum Gasteiger partial charge on any atom is 0.189 e. The van der Waals surface area contributed by atoms with Gasteiger partial charge in [0.25, 0.3) is 0 Å². The third-order valence-electron chi connectivity index (χ3n) is 3.77. The van der Waals surface area contributed by atoms with E-state index < -0.39 is 0 Å². The van der Waals surface area contributed by atoms with Crippen LogP contribution >= 0.6 is 12.2 Å². The third kappa shape index (κ3) is 2.20. The van der Waals surface area contributed by atoms with E-state index >= 15 is 0 Å². The Kier molecular flexibility index (Phi) is 3.21. The van der Waals surface area contributed by atoms with Gasteiger partial charge >= 0.3 is 0 Å². The zero-order valence-electron chi connectivity index (χ0n) is 11.7. The highest BCUT2D eigenvalue weighted by Crippen LogP contribution is 2.29. The molecule has 0 radical (unpaired) electrons. The maximum absolute atomic E-state index is 5.44. The van der Waals surface area contributed by atoms with E-state index in [1.807, 2.05) is 36.5 Å². The van der Waals surface area contributed by atoms with Crippen LogP contribution in [0, 0.1) is 0 Å². The van der Waals surface area contributed by atoms with Gasteiger partial charge in [-0.2, -0.15) is 0 Å². The van der Waals surface area contributed by atoms with E-state index in [1.165, 1.54) is 0 Å². The summed E-state index contributed by atoms with van der Waals surface area (Å²) < 4.78 is 0. The molecule has 1 saturated heterocycles. The van der Waals surface area contributed by atoms with Gasteiger partial charge in [0, 0.05) is 17.3 Å². The van der Waals surface area contributed by atoms with Gasteiger partial charge in [-0.15, -0.1) is 0 Å². The number of hydrogen-bond acceptors (Lipinski definition) is 3. The minimum atomic E-state index is -0.0421. The van der Waals surface area contributed by atoms with Gasteiger partial charge in [-0.3, -0.25) is 15.3 Å². The number of aromatic nitrogens is 1. The van der Waals surface area contributed by atoms with E-state index in [1.54, 1.807) is 0 Å². The van der Waals surface area contributed by atoms with Gasteiger partial charge in [0.2, 0.25) is 0 Å². The lowest BCUT2D eigenvalue weighted by Crippen LogP contribution is -2.29. The summed E-state index contributed by atoms with van der Waals surface area (Å²) >= 11 is 5.44. The molecule has 1 unspecified atom stereocenters. The Bertz CT molecular complexity index is 834. The Morgan fingerprint density at radius 2 is 1.86 bits per heavy atom. The summed E-state index contributed by atoms with van der Waals surface area (Å²) in [6.45, 7) is 0. The maximum atomic E-state index is 5.44. The van der Waals surface area contributed by atoms with Crippen LogP contribution < -0.4 is 15.8 Å². The summed E-state index contributed by atoms with van der Waals surface area (Å²) in [5.41, 5.74) is 9.49. The molecule has 2 N–H and O–H groups in total. The van der Waals surface area contributed by atoms with Crippen molar-refractivity contribution >= 4 is 33.9 Å². The SMILES string of the molecule is S=C1NNC(c2ccc3ncccc3c2)N1c1ccccc1. The Hall–Kier alpha value is -2.50. The first kappa shape index (κ1) is 13.2. The van der Waals surface area contributed by atoms with Crippen molar-refractivity contribution in [1.29, 1.82) is 0 Å². The number of hydrazine groups is 1. The largest absolute Gasteiger partial charge is 0.296 e. The molecule has 2 aromatic carbocycles. The molecule has 3 aromatic rings. The average Bonchev–Trinajstić information content (AvgIpc) is 2.97. The van der Waals surface area contributed by atoms with Crippen molar-refractivity contribution in [3.63, 3.8) is 0 Å². The van der Waals surface area contributed by atoms with Crippen LogP contribution in [0.25, 0.3) is 10.9 Å².